The number of halogens is 3. The quantitative estimate of drug-likeness (QED) is 0.724. The summed E-state index contributed by atoms with van der Waals surface area (Å²) >= 11 is 6.03. The highest BCUT2D eigenvalue weighted by molar-refractivity contribution is 7.89. The first-order valence-electron chi connectivity index (χ1n) is 9.07. The van der Waals surface area contributed by atoms with Gasteiger partial charge in [-0.1, -0.05) is 32.4 Å². The summed E-state index contributed by atoms with van der Waals surface area (Å²) in [5.41, 5.74) is 6.26. The van der Waals surface area contributed by atoms with Crippen LogP contribution in [0.5, 0.6) is 0 Å². The van der Waals surface area contributed by atoms with Gasteiger partial charge < -0.3 is 10.8 Å². The molecule has 1 aliphatic heterocycles. The molecule has 2 atom stereocenters. The van der Waals surface area contributed by atoms with E-state index < -0.39 is 21.9 Å². The van der Waals surface area contributed by atoms with Crippen LogP contribution in [0, 0.1) is 5.92 Å². The van der Waals surface area contributed by atoms with Crippen molar-refractivity contribution in [2.75, 3.05) is 18.8 Å². The third-order valence-corrected chi connectivity index (χ3v) is 6.52. The summed E-state index contributed by atoms with van der Waals surface area (Å²) < 4.78 is 48.1. The molecule has 1 fully saturated rings. The Hall–Kier alpha value is -1.63. The molecule has 0 bridgehead atoms. The van der Waals surface area contributed by atoms with Gasteiger partial charge in [-0.2, -0.15) is 13.1 Å². The number of hydrogen-bond donors (Lipinski definition) is 2. The number of aliphatic hydroxyl groups excluding tert-OH is 1. The summed E-state index contributed by atoms with van der Waals surface area (Å²) in [7, 11) is -4.49. The Kier molecular flexibility index (Phi) is 7.71. The Labute approximate surface area is 172 Å². The lowest BCUT2D eigenvalue weighted by molar-refractivity contribution is 0.103. The number of nitrogens with two attached hydrogens (primary N) is 1. The zero-order chi connectivity index (χ0) is 21.9. The summed E-state index contributed by atoms with van der Waals surface area (Å²) in [4.78, 5) is 8.23. The number of rotatable bonds is 4. The van der Waals surface area contributed by atoms with Crippen LogP contribution in [-0.2, 0) is 10.0 Å². The second-order valence-electron chi connectivity index (χ2n) is 7.17. The van der Waals surface area contributed by atoms with Gasteiger partial charge in [-0.3, -0.25) is 0 Å². The van der Waals surface area contributed by atoms with Crippen molar-refractivity contribution in [3.8, 4) is 0 Å². The van der Waals surface area contributed by atoms with Crippen LogP contribution in [0.2, 0.25) is 5.15 Å². The number of nitrogen functional groups attached to an aromatic ring is 1. The van der Waals surface area contributed by atoms with Crippen LogP contribution in [0.4, 0.5) is 14.7 Å². The molecule has 0 radical (unpaired) electrons. The van der Waals surface area contributed by atoms with E-state index in [9.17, 15) is 17.2 Å². The van der Waals surface area contributed by atoms with Gasteiger partial charge >= 0.3 is 5.76 Å². The van der Waals surface area contributed by atoms with Crippen LogP contribution in [0.25, 0.3) is 5.52 Å². The average Bonchev–Trinajstić information content (AvgIpc) is 2.97. The molecule has 1 saturated heterocycles. The Bertz CT molecular complexity index is 940. The Morgan fingerprint density at radius 2 is 2.00 bits per heavy atom. The number of β-amino-alcohol motifs (C(OH)–C–C–N with tert-alkyl or cyclic N) is 1. The Morgan fingerprint density at radius 3 is 2.55 bits per heavy atom. The molecule has 3 heterocycles. The Morgan fingerprint density at radius 1 is 1.34 bits per heavy atom. The van der Waals surface area contributed by atoms with Crippen molar-refractivity contribution in [2.45, 2.75) is 51.4 Å². The molecule has 2 aromatic rings. The number of hydrogen-bond acceptors (Lipinski definition) is 7. The molecule has 2 aromatic heterocycles. The van der Waals surface area contributed by atoms with Crippen LogP contribution in [-0.4, -0.2) is 62.4 Å². The minimum Gasteiger partial charge on any atom is -0.392 e. The first kappa shape index (κ1) is 23.6. The lowest BCUT2D eigenvalue weighted by Crippen LogP contribution is -2.44. The van der Waals surface area contributed by atoms with E-state index in [1.165, 1.54) is 0 Å². The fourth-order valence-corrected chi connectivity index (χ4v) is 3.95. The first-order valence-corrected chi connectivity index (χ1v) is 10.9. The largest absolute Gasteiger partial charge is 0.392 e. The maximum atomic E-state index is 12.0. The molecule has 1 aliphatic rings. The van der Waals surface area contributed by atoms with E-state index in [-0.39, 0.29) is 25.0 Å². The Balaban J connectivity index is 0.000000212. The first-order chi connectivity index (χ1) is 13.4. The number of piperidine rings is 1. The fourth-order valence-electron chi connectivity index (χ4n) is 2.74. The molecule has 0 amide bonds. The normalized spacial score (nSPS) is 19.4. The van der Waals surface area contributed by atoms with Crippen molar-refractivity contribution < 1.29 is 22.3 Å². The third-order valence-electron chi connectivity index (χ3n) is 4.74. The van der Waals surface area contributed by atoms with E-state index in [4.69, 9.17) is 22.4 Å². The summed E-state index contributed by atoms with van der Waals surface area (Å²) in [5, 5.41) is 13.6. The molecule has 29 heavy (non-hydrogen) atoms. The van der Waals surface area contributed by atoms with Gasteiger partial charge in [0, 0.05) is 19.0 Å². The van der Waals surface area contributed by atoms with Gasteiger partial charge in [0.1, 0.15) is 11.3 Å². The zero-order valence-corrected chi connectivity index (χ0v) is 17.9. The van der Waals surface area contributed by atoms with Gasteiger partial charge in [0.15, 0.2) is 5.15 Å². The van der Waals surface area contributed by atoms with E-state index in [1.54, 1.807) is 10.7 Å². The lowest BCUT2D eigenvalue weighted by Gasteiger charge is -2.28. The van der Waals surface area contributed by atoms with E-state index >= 15 is 0 Å². The summed E-state index contributed by atoms with van der Waals surface area (Å²) in [6, 6.07) is 0. The van der Waals surface area contributed by atoms with E-state index in [0.29, 0.717) is 33.7 Å². The molecule has 2 unspecified atom stereocenters. The molecule has 9 nitrogen and oxygen atoms in total. The van der Waals surface area contributed by atoms with Gasteiger partial charge in [0.2, 0.25) is 5.95 Å². The topological polar surface area (TPSA) is 127 Å². The smallest absolute Gasteiger partial charge is 0.350 e. The summed E-state index contributed by atoms with van der Waals surface area (Å²) in [6.07, 6.45) is 1.67. The molecule has 164 valence electrons. The van der Waals surface area contributed by atoms with Crippen molar-refractivity contribution in [1.82, 2.24) is 23.9 Å². The average molecular weight is 455 g/mol. The van der Waals surface area contributed by atoms with Crippen LogP contribution in [0.1, 0.15) is 45.4 Å². The standard InChI is InChI=1S/C10H14ClN5.C6H11F2NO3S/c1-5(2)6(3)9-14-8(11)7-4-13-10(12)15-16(7)9;7-6(8)13(11,12)9-3-1-2-5(10)4-9/h4-6H,1-3H3,(H2,12,15);5-6,10H,1-4H2. The zero-order valence-electron chi connectivity index (χ0n) is 16.3. The van der Waals surface area contributed by atoms with Crippen LogP contribution in [0.3, 0.4) is 0 Å². The lowest BCUT2D eigenvalue weighted by atomic mass is 9.98. The third kappa shape index (κ3) is 5.50. The van der Waals surface area contributed by atoms with Crippen LogP contribution >= 0.6 is 11.6 Å². The van der Waals surface area contributed by atoms with E-state index in [2.05, 4.69) is 35.8 Å². The van der Waals surface area contributed by atoms with Crippen molar-refractivity contribution in [3.63, 3.8) is 0 Å². The van der Waals surface area contributed by atoms with E-state index in [0.717, 1.165) is 5.82 Å². The van der Waals surface area contributed by atoms with Gasteiger partial charge in [-0.05, 0) is 18.8 Å². The summed E-state index contributed by atoms with van der Waals surface area (Å²) in [5.74, 6) is -1.63. The summed E-state index contributed by atoms with van der Waals surface area (Å²) in [6.45, 7) is 6.21. The predicted molar refractivity (Wildman–Crippen MR) is 105 cm³/mol. The molecule has 3 rings (SSSR count). The molecule has 0 aromatic carbocycles. The van der Waals surface area contributed by atoms with E-state index in [1.807, 2.05) is 0 Å². The number of fused-ring (bicyclic) bond motifs is 1. The second-order valence-corrected chi connectivity index (χ2v) is 9.43. The van der Waals surface area contributed by atoms with Gasteiger partial charge in [0.05, 0.1) is 12.3 Å². The van der Waals surface area contributed by atoms with Crippen molar-refractivity contribution in [2.24, 2.45) is 5.92 Å². The monoisotopic (exact) mass is 454 g/mol. The minimum atomic E-state index is -4.49. The molecular weight excluding hydrogens is 430 g/mol. The molecule has 0 spiro atoms. The SMILES string of the molecule is CC(C)C(C)c1nc(Cl)c2cnc(N)nn12.O=S(=O)(C(F)F)N1CCCC(O)C1. The highest BCUT2D eigenvalue weighted by Gasteiger charge is 2.34. The number of anilines is 1. The van der Waals surface area contributed by atoms with Crippen molar-refractivity contribution >= 4 is 33.1 Å². The number of aromatic nitrogens is 4. The minimum absolute atomic E-state index is 0.0731. The van der Waals surface area contributed by atoms with Crippen LogP contribution in [0.15, 0.2) is 6.20 Å². The van der Waals surface area contributed by atoms with Gasteiger partial charge in [-0.15, -0.1) is 5.10 Å². The van der Waals surface area contributed by atoms with Crippen molar-refractivity contribution in [3.05, 3.63) is 17.2 Å². The maximum Gasteiger partial charge on any atom is 0.350 e. The van der Waals surface area contributed by atoms with Crippen LogP contribution < -0.4 is 5.73 Å². The van der Waals surface area contributed by atoms with Gasteiger partial charge in [-0.25, -0.2) is 22.9 Å². The number of imidazole rings is 1. The van der Waals surface area contributed by atoms with Gasteiger partial charge in [0.25, 0.3) is 10.0 Å². The molecular formula is C16H25ClF2N6O3S. The molecule has 0 aliphatic carbocycles. The number of alkyl halides is 2. The molecule has 0 saturated carbocycles. The highest BCUT2D eigenvalue weighted by atomic mass is 35.5. The molecule has 13 heteroatoms. The maximum absolute atomic E-state index is 12.0. The highest BCUT2D eigenvalue weighted by Crippen LogP contribution is 2.26. The molecule has 3 N–H and O–H groups in total. The van der Waals surface area contributed by atoms with Crippen molar-refractivity contribution in [1.29, 1.82) is 0 Å². The fraction of sp³-hybridized carbons (Fsp3) is 0.688. The predicted octanol–water partition coefficient (Wildman–Crippen LogP) is 2.11. The number of sulfonamides is 1. The second kappa shape index (κ2) is 9.45. The number of nitrogens with zero attached hydrogens (tertiary/aromatic N) is 5. The number of aliphatic hydroxyl groups is 1.